The van der Waals surface area contributed by atoms with E-state index in [1.54, 1.807) is 36.4 Å². The number of hydrogen-bond donors (Lipinski definition) is 0. The summed E-state index contributed by atoms with van der Waals surface area (Å²) in [7, 11) is 0. The van der Waals surface area contributed by atoms with Crippen LogP contribution in [0.25, 0.3) is 21.5 Å². The molecule has 0 unspecified atom stereocenters. The third-order valence-corrected chi connectivity index (χ3v) is 3.97. The van der Waals surface area contributed by atoms with Crippen LogP contribution in [0.2, 0.25) is 0 Å². The molecule has 0 radical (unpaired) electrons. The molecule has 0 heterocycles. The molecule has 0 aromatic heterocycles. The second-order valence-electron chi connectivity index (χ2n) is 5.70. The number of carbonyl (C=O) groups is 2. The van der Waals surface area contributed by atoms with Crippen molar-refractivity contribution in [3.05, 3.63) is 96.1 Å². The molecule has 0 amide bonds. The Morgan fingerprint density at radius 3 is 1.19 bits per heavy atom. The average molecular weight is 480 g/mol. The summed E-state index contributed by atoms with van der Waals surface area (Å²) in [5, 5.41) is 25.0. The van der Waals surface area contributed by atoms with Gasteiger partial charge in [0.15, 0.2) is 0 Å². The zero-order chi connectivity index (χ0) is 18.5. The molecule has 0 fully saturated rings. The molecular formula is C22H14BaO4. The molecule has 0 spiro atoms. The van der Waals surface area contributed by atoms with Gasteiger partial charge in [0.2, 0.25) is 0 Å². The SMILES string of the molecule is O=C([O-])c1ccc2ccccc2c1.O=C([O-])c1ccc2ccccc2c1.[Ba+2]. The fourth-order valence-electron chi connectivity index (χ4n) is 2.63. The standard InChI is InChI=1S/2C11H8O2.Ba/c2*12-11(13)10-6-5-8-3-1-2-4-9(8)7-10;/h2*1-7H,(H,12,13);/q;;+2/p-2. The second kappa shape index (κ2) is 9.73. The predicted octanol–water partition coefficient (Wildman–Crippen LogP) is 2.03. The fraction of sp³-hybridized carbons (Fsp3) is 0. The summed E-state index contributed by atoms with van der Waals surface area (Å²) in [5.74, 6) is -2.27. The van der Waals surface area contributed by atoms with E-state index in [-0.39, 0.29) is 60.0 Å². The van der Waals surface area contributed by atoms with E-state index in [4.69, 9.17) is 0 Å². The van der Waals surface area contributed by atoms with Gasteiger partial charge >= 0.3 is 48.9 Å². The molecule has 0 N–H and O–H groups in total. The van der Waals surface area contributed by atoms with Gasteiger partial charge in [0.05, 0.1) is 11.9 Å². The Morgan fingerprint density at radius 2 is 0.852 bits per heavy atom. The van der Waals surface area contributed by atoms with Crippen molar-refractivity contribution in [3.63, 3.8) is 0 Å². The van der Waals surface area contributed by atoms with Crippen LogP contribution in [0.5, 0.6) is 0 Å². The van der Waals surface area contributed by atoms with Gasteiger partial charge in [-0.1, -0.05) is 72.8 Å². The van der Waals surface area contributed by atoms with E-state index < -0.39 is 11.9 Å². The van der Waals surface area contributed by atoms with Crippen molar-refractivity contribution in [2.75, 3.05) is 0 Å². The van der Waals surface area contributed by atoms with E-state index in [0.717, 1.165) is 21.5 Å². The number of benzene rings is 4. The first-order chi connectivity index (χ1) is 12.5. The molecule has 0 atom stereocenters. The average Bonchev–Trinajstić information content (AvgIpc) is 2.67. The normalized spacial score (nSPS) is 9.78. The second-order valence-corrected chi connectivity index (χ2v) is 5.70. The number of fused-ring (bicyclic) bond motifs is 2. The Balaban J connectivity index is 0.000000187. The summed E-state index contributed by atoms with van der Waals surface area (Å²) in [6.07, 6.45) is 0. The minimum Gasteiger partial charge on any atom is -0.545 e. The van der Waals surface area contributed by atoms with Crippen molar-refractivity contribution >= 4 is 82.4 Å². The predicted molar refractivity (Wildman–Crippen MR) is 102 cm³/mol. The van der Waals surface area contributed by atoms with Crippen molar-refractivity contribution in [2.45, 2.75) is 0 Å². The van der Waals surface area contributed by atoms with Crippen LogP contribution < -0.4 is 10.2 Å². The van der Waals surface area contributed by atoms with Gasteiger partial charge in [0.1, 0.15) is 0 Å². The van der Waals surface area contributed by atoms with Crippen molar-refractivity contribution in [1.29, 1.82) is 0 Å². The van der Waals surface area contributed by atoms with E-state index in [0.29, 0.717) is 0 Å². The Labute approximate surface area is 196 Å². The van der Waals surface area contributed by atoms with Gasteiger partial charge in [-0.15, -0.1) is 0 Å². The zero-order valence-electron chi connectivity index (χ0n) is 14.4. The molecule has 0 bridgehead atoms. The van der Waals surface area contributed by atoms with Crippen LogP contribution in [0, 0.1) is 0 Å². The molecule has 0 saturated heterocycles. The van der Waals surface area contributed by atoms with E-state index in [1.807, 2.05) is 48.5 Å². The van der Waals surface area contributed by atoms with Crippen molar-refractivity contribution in [2.24, 2.45) is 0 Å². The topological polar surface area (TPSA) is 80.3 Å². The molecule has 27 heavy (non-hydrogen) atoms. The Bertz CT molecular complexity index is 1020. The van der Waals surface area contributed by atoms with Crippen LogP contribution >= 0.6 is 0 Å². The Kier molecular flexibility index (Phi) is 7.65. The molecule has 0 saturated carbocycles. The van der Waals surface area contributed by atoms with Gasteiger partial charge in [-0.2, -0.15) is 0 Å². The molecule has 128 valence electrons. The monoisotopic (exact) mass is 480 g/mol. The number of carboxylic acids is 2. The third kappa shape index (κ3) is 5.45. The summed E-state index contributed by atoms with van der Waals surface area (Å²) < 4.78 is 0. The van der Waals surface area contributed by atoms with Gasteiger partial charge in [-0.25, -0.2) is 0 Å². The summed E-state index contributed by atoms with van der Waals surface area (Å²) in [6, 6.07) is 25.1. The Hall–Kier alpha value is -2.09. The maximum Gasteiger partial charge on any atom is 2.00 e. The van der Waals surface area contributed by atoms with Gasteiger partial charge in [0.25, 0.3) is 0 Å². The smallest absolute Gasteiger partial charge is 0.545 e. The number of aromatic carboxylic acids is 2. The van der Waals surface area contributed by atoms with Crippen LogP contribution in [0.15, 0.2) is 84.9 Å². The summed E-state index contributed by atoms with van der Waals surface area (Å²) in [4.78, 5) is 21.1. The summed E-state index contributed by atoms with van der Waals surface area (Å²) in [6.45, 7) is 0. The largest absolute Gasteiger partial charge is 2.00 e. The minimum atomic E-state index is -1.13. The number of carboxylic acid groups (broad SMARTS) is 2. The van der Waals surface area contributed by atoms with Crippen molar-refractivity contribution in [3.8, 4) is 0 Å². The first kappa shape index (κ1) is 21.2. The number of carbonyl (C=O) groups excluding carboxylic acids is 2. The van der Waals surface area contributed by atoms with Crippen LogP contribution in [0.3, 0.4) is 0 Å². The summed E-state index contributed by atoms with van der Waals surface area (Å²) >= 11 is 0. The van der Waals surface area contributed by atoms with Gasteiger partial charge in [-0.3, -0.25) is 0 Å². The minimum absolute atomic E-state index is 0. The molecule has 4 aromatic rings. The van der Waals surface area contributed by atoms with E-state index in [9.17, 15) is 19.8 Å². The molecule has 0 aliphatic heterocycles. The Morgan fingerprint density at radius 1 is 0.519 bits per heavy atom. The van der Waals surface area contributed by atoms with Gasteiger partial charge in [-0.05, 0) is 44.8 Å². The first-order valence-electron chi connectivity index (χ1n) is 7.95. The molecule has 5 heteroatoms. The van der Waals surface area contributed by atoms with Crippen LogP contribution in [-0.2, 0) is 0 Å². The van der Waals surface area contributed by atoms with Crippen molar-refractivity contribution < 1.29 is 19.8 Å². The zero-order valence-corrected chi connectivity index (χ0v) is 18.9. The molecule has 4 nitrogen and oxygen atoms in total. The van der Waals surface area contributed by atoms with Crippen LogP contribution in [0.1, 0.15) is 20.7 Å². The molecular weight excluding hydrogens is 466 g/mol. The van der Waals surface area contributed by atoms with E-state index in [2.05, 4.69) is 0 Å². The molecule has 4 rings (SSSR count). The first-order valence-corrected chi connectivity index (χ1v) is 7.95. The third-order valence-electron chi connectivity index (χ3n) is 3.97. The van der Waals surface area contributed by atoms with E-state index in [1.165, 1.54) is 0 Å². The number of rotatable bonds is 2. The van der Waals surface area contributed by atoms with Crippen molar-refractivity contribution in [1.82, 2.24) is 0 Å². The quantitative estimate of drug-likeness (QED) is 0.412. The van der Waals surface area contributed by atoms with Crippen LogP contribution in [-0.4, -0.2) is 60.8 Å². The molecule has 4 aromatic carbocycles. The fourth-order valence-corrected chi connectivity index (χ4v) is 2.63. The van der Waals surface area contributed by atoms with Gasteiger partial charge in [0, 0.05) is 0 Å². The van der Waals surface area contributed by atoms with Gasteiger partial charge < -0.3 is 19.8 Å². The maximum absolute atomic E-state index is 10.5. The number of hydrogen-bond acceptors (Lipinski definition) is 4. The summed E-state index contributed by atoms with van der Waals surface area (Å²) in [5.41, 5.74) is 0.442. The molecule has 0 aliphatic rings. The molecule has 0 aliphatic carbocycles. The maximum atomic E-state index is 10.5. The van der Waals surface area contributed by atoms with E-state index >= 15 is 0 Å². The van der Waals surface area contributed by atoms with Crippen LogP contribution in [0.4, 0.5) is 0 Å².